The number of benzene rings is 1. The van der Waals surface area contributed by atoms with Crippen LogP contribution in [0.15, 0.2) is 24.3 Å². The molecule has 1 saturated carbocycles. The van der Waals surface area contributed by atoms with E-state index in [1.807, 2.05) is 31.2 Å². The predicted octanol–water partition coefficient (Wildman–Crippen LogP) is 1.33. The van der Waals surface area contributed by atoms with E-state index in [1.165, 1.54) is 0 Å². The molecule has 18 heavy (non-hydrogen) atoms. The van der Waals surface area contributed by atoms with E-state index in [-0.39, 0.29) is 5.91 Å². The van der Waals surface area contributed by atoms with Gasteiger partial charge in [-0.1, -0.05) is 24.3 Å². The van der Waals surface area contributed by atoms with E-state index in [2.05, 4.69) is 5.32 Å². The van der Waals surface area contributed by atoms with Crippen LogP contribution in [-0.4, -0.2) is 18.1 Å². The minimum Gasteiger partial charge on any atom is -0.377 e. The van der Waals surface area contributed by atoms with Gasteiger partial charge in [0.05, 0.1) is 12.1 Å². The largest absolute Gasteiger partial charge is 0.377 e. The second-order valence-electron chi connectivity index (χ2n) is 4.74. The molecule has 0 aliphatic heterocycles. The second-order valence-corrected chi connectivity index (χ2v) is 4.74. The number of nitrogens with two attached hydrogens (primary N) is 1. The number of carbonyl (C=O) groups is 1. The number of ether oxygens (including phenoxy) is 1. The number of amides is 1. The molecule has 1 fully saturated rings. The maximum absolute atomic E-state index is 11.8. The molecule has 98 valence electrons. The Morgan fingerprint density at radius 3 is 2.67 bits per heavy atom. The average Bonchev–Trinajstić information content (AvgIpc) is 3.14. The number of hydrogen-bond donors (Lipinski definition) is 2. The van der Waals surface area contributed by atoms with Gasteiger partial charge in [-0.25, -0.2) is 0 Å². The van der Waals surface area contributed by atoms with Crippen LogP contribution in [0.25, 0.3) is 0 Å². The first-order chi connectivity index (χ1) is 8.65. The Labute approximate surface area is 108 Å². The zero-order chi connectivity index (χ0) is 13.0. The first-order valence-corrected chi connectivity index (χ1v) is 6.37. The molecule has 4 heteroatoms. The Balaban J connectivity index is 1.93. The Kier molecular flexibility index (Phi) is 3.99. The van der Waals surface area contributed by atoms with E-state index in [1.54, 1.807) is 0 Å². The molecule has 1 aliphatic carbocycles. The van der Waals surface area contributed by atoms with Gasteiger partial charge in [-0.3, -0.25) is 4.79 Å². The summed E-state index contributed by atoms with van der Waals surface area (Å²) in [5.41, 5.74) is 7.43. The summed E-state index contributed by atoms with van der Waals surface area (Å²) < 4.78 is 5.41. The molecule has 0 unspecified atom stereocenters. The third-order valence-corrected chi connectivity index (χ3v) is 3.26. The van der Waals surface area contributed by atoms with Crippen molar-refractivity contribution in [3.05, 3.63) is 35.4 Å². The molecular weight excluding hydrogens is 228 g/mol. The Morgan fingerprint density at radius 1 is 1.39 bits per heavy atom. The van der Waals surface area contributed by atoms with Crippen LogP contribution in [0.5, 0.6) is 0 Å². The zero-order valence-electron chi connectivity index (χ0n) is 10.7. The van der Waals surface area contributed by atoms with Crippen molar-refractivity contribution in [3.63, 3.8) is 0 Å². The SMILES string of the molecule is CCOCc1ccccc1CNC(=O)C1(N)CC1. The Bertz CT molecular complexity index is 428. The van der Waals surface area contributed by atoms with Crippen molar-refractivity contribution < 1.29 is 9.53 Å². The first kappa shape index (κ1) is 13.1. The highest BCUT2D eigenvalue weighted by Crippen LogP contribution is 2.32. The first-order valence-electron chi connectivity index (χ1n) is 6.37. The molecule has 2 rings (SSSR count). The topological polar surface area (TPSA) is 64.3 Å². The molecule has 0 spiro atoms. The average molecular weight is 248 g/mol. The summed E-state index contributed by atoms with van der Waals surface area (Å²) in [7, 11) is 0. The van der Waals surface area contributed by atoms with E-state index in [0.29, 0.717) is 19.8 Å². The van der Waals surface area contributed by atoms with E-state index < -0.39 is 5.54 Å². The van der Waals surface area contributed by atoms with Gasteiger partial charge in [0.2, 0.25) is 5.91 Å². The lowest BCUT2D eigenvalue weighted by Crippen LogP contribution is -2.42. The molecule has 0 saturated heterocycles. The maximum atomic E-state index is 11.8. The summed E-state index contributed by atoms with van der Waals surface area (Å²) in [4.78, 5) is 11.8. The zero-order valence-corrected chi connectivity index (χ0v) is 10.7. The summed E-state index contributed by atoms with van der Waals surface area (Å²) in [5, 5.41) is 2.90. The normalized spacial score (nSPS) is 16.3. The highest BCUT2D eigenvalue weighted by atomic mass is 16.5. The lowest BCUT2D eigenvalue weighted by Gasteiger charge is -2.13. The molecule has 0 bridgehead atoms. The molecule has 0 heterocycles. The molecule has 1 aromatic rings. The third-order valence-electron chi connectivity index (χ3n) is 3.26. The second kappa shape index (κ2) is 5.50. The van der Waals surface area contributed by atoms with E-state index in [4.69, 9.17) is 10.5 Å². The van der Waals surface area contributed by atoms with Crippen LogP contribution in [0.2, 0.25) is 0 Å². The molecule has 0 radical (unpaired) electrons. The highest BCUT2D eigenvalue weighted by Gasteiger charge is 2.45. The van der Waals surface area contributed by atoms with Crippen LogP contribution in [-0.2, 0) is 22.7 Å². The van der Waals surface area contributed by atoms with Crippen LogP contribution < -0.4 is 11.1 Å². The smallest absolute Gasteiger partial charge is 0.240 e. The molecule has 1 amide bonds. The van der Waals surface area contributed by atoms with Gasteiger partial charge in [0.1, 0.15) is 0 Å². The highest BCUT2D eigenvalue weighted by molar-refractivity contribution is 5.88. The minimum absolute atomic E-state index is 0.0475. The lowest BCUT2D eigenvalue weighted by molar-refractivity contribution is -0.123. The number of hydrogen-bond acceptors (Lipinski definition) is 3. The van der Waals surface area contributed by atoms with Crippen molar-refractivity contribution in [2.24, 2.45) is 5.73 Å². The van der Waals surface area contributed by atoms with Gasteiger partial charge in [0.15, 0.2) is 0 Å². The molecule has 3 N–H and O–H groups in total. The number of rotatable bonds is 6. The van der Waals surface area contributed by atoms with Gasteiger partial charge in [0.25, 0.3) is 0 Å². The Hall–Kier alpha value is -1.39. The van der Waals surface area contributed by atoms with E-state index >= 15 is 0 Å². The van der Waals surface area contributed by atoms with Crippen LogP contribution >= 0.6 is 0 Å². The molecule has 1 aromatic carbocycles. The van der Waals surface area contributed by atoms with Gasteiger partial charge in [-0.05, 0) is 30.9 Å². The molecular formula is C14H20N2O2. The van der Waals surface area contributed by atoms with E-state index in [9.17, 15) is 4.79 Å². The number of carbonyl (C=O) groups excluding carboxylic acids is 1. The quantitative estimate of drug-likeness (QED) is 0.798. The van der Waals surface area contributed by atoms with Crippen molar-refractivity contribution in [1.82, 2.24) is 5.32 Å². The van der Waals surface area contributed by atoms with E-state index in [0.717, 1.165) is 24.0 Å². The van der Waals surface area contributed by atoms with Crippen molar-refractivity contribution in [2.75, 3.05) is 6.61 Å². The summed E-state index contributed by atoms with van der Waals surface area (Å²) >= 11 is 0. The van der Waals surface area contributed by atoms with Gasteiger partial charge in [0, 0.05) is 13.2 Å². The molecule has 0 atom stereocenters. The fraction of sp³-hybridized carbons (Fsp3) is 0.500. The number of nitrogens with one attached hydrogen (secondary N) is 1. The standard InChI is InChI=1S/C14H20N2O2/c1-2-18-10-12-6-4-3-5-11(12)9-16-13(17)14(15)7-8-14/h3-6H,2,7-10,15H2,1H3,(H,16,17). The van der Waals surface area contributed by atoms with Gasteiger partial charge in [-0.15, -0.1) is 0 Å². The van der Waals surface area contributed by atoms with Crippen LogP contribution in [0.1, 0.15) is 30.9 Å². The fourth-order valence-corrected chi connectivity index (χ4v) is 1.80. The fourth-order valence-electron chi connectivity index (χ4n) is 1.80. The van der Waals surface area contributed by atoms with Crippen LogP contribution in [0, 0.1) is 0 Å². The predicted molar refractivity (Wildman–Crippen MR) is 69.8 cm³/mol. The summed E-state index contributed by atoms with van der Waals surface area (Å²) in [5.74, 6) is -0.0475. The van der Waals surface area contributed by atoms with Crippen molar-refractivity contribution in [1.29, 1.82) is 0 Å². The van der Waals surface area contributed by atoms with Gasteiger partial charge < -0.3 is 15.8 Å². The summed E-state index contributed by atoms with van der Waals surface area (Å²) in [6.45, 7) is 3.75. The Morgan fingerprint density at radius 2 is 2.06 bits per heavy atom. The molecule has 4 nitrogen and oxygen atoms in total. The minimum atomic E-state index is -0.602. The summed E-state index contributed by atoms with van der Waals surface area (Å²) in [6.07, 6.45) is 1.58. The molecule has 0 aromatic heterocycles. The van der Waals surface area contributed by atoms with Crippen molar-refractivity contribution >= 4 is 5.91 Å². The van der Waals surface area contributed by atoms with Crippen molar-refractivity contribution in [2.45, 2.75) is 38.5 Å². The van der Waals surface area contributed by atoms with Crippen LogP contribution in [0.3, 0.4) is 0 Å². The maximum Gasteiger partial charge on any atom is 0.240 e. The third kappa shape index (κ3) is 3.09. The van der Waals surface area contributed by atoms with Crippen LogP contribution in [0.4, 0.5) is 0 Å². The van der Waals surface area contributed by atoms with Crippen molar-refractivity contribution in [3.8, 4) is 0 Å². The summed E-state index contributed by atoms with van der Waals surface area (Å²) in [6, 6.07) is 7.97. The monoisotopic (exact) mass is 248 g/mol. The van der Waals surface area contributed by atoms with Gasteiger partial charge in [-0.2, -0.15) is 0 Å². The lowest BCUT2D eigenvalue weighted by atomic mass is 10.1. The molecule has 1 aliphatic rings. The van der Waals surface area contributed by atoms with Gasteiger partial charge >= 0.3 is 0 Å².